The Morgan fingerprint density at radius 2 is 1.93 bits per heavy atom. The molecule has 3 nitrogen and oxygen atoms in total. The van der Waals surface area contributed by atoms with Crippen LogP contribution in [-0.2, 0) is 9.53 Å². The van der Waals surface area contributed by atoms with Crippen LogP contribution in [-0.4, -0.2) is 24.9 Å². The Labute approximate surface area is 77.3 Å². The van der Waals surface area contributed by atoms with E-state index in [0.29, 0.717) is 7.11 Å². The molecule has 80 valence electrons. The largest absolute Gasteiger partial charge is 0.466 e. The number of methoxy groups -OCH3 is 1. The minimum absolute atomic E-state index is 0.648. The molecule has 0 aliphatic rings. The molecule has 7 heteroatoms. The molecule has 14 heavy (non-hydrogen) atoms. The number of alkyl halides is 4. The first-order valence-electron chi connectivity index (χ1n) is 3.50. The third-order valence-corrected chi connectivity index (χ3v) is 1.54. The molecule has 0 saturated carbocycles. The molecule has 1 atom stereocenters. The van der Waals surface area contributed by atoms with Crippen molar-refractivity contribution in [2.75, 3.05) is 7.11 Å². The van der Waals surface area contributed by atoms with Crippen molar-refractivity contribution in [3.05, 3.63) is 0 Å². The van der Waals surface area contributed by atoms with Crippen LogP contribution in [0.4, 0.5) is 17.6 Å². The first-order valence-corrected chi connectivity index (χ1v) is 3.50. The van der Waals surface area contributed by atoms with Crippen molar-refractivity contribution in [1.29, 1.82) is 5.26 Å². The van der Waals surface area contributed by atoms with Crippen molar-refractivity contribution in [2.45, 2.75) is 24.7 Å². The van der Waals surface area contributed by atoms with Gasteiger partial charge in [0.15, 0.2) is 0 Å². The number of esters is 1. The van der Waals surface area contributed by atoms with E-state index in [9.17, 15) is 22.4 Å². The monoisotopic (exact) mass is 213 g/mol. The maximum Gasteiger partial charge on any atom is 0.433 e. The minimum atomic E-state index is -5.36. The molecule has 0 N–H and O–H groups in total. The highest BCUT2D eigenvalue weighted by molar-refractivity contribution is 5.80. The zero-order valence-corrected chi connectivity index (χ0v) is 7.19. The highest BCUT2D eigenvalue weighted by atomic mass is 19.4. The van der Waals surface area contributed by atoms with Gasteiger partial charge >= 0.3 is 17.8 Å². The molecule has 1 unspecified atom stereocenters. The van der Waals surface area contributed by atoms with Crippen molar-refractivity contribution in [1.82, 2.24) is 0 Å². The molecule has 0 aromatic heterocycles. The predicted molar refractivity (Wildman–Crippen MR) is 36.8 cm³/mol. The fraction of sp³-hybridized carbons (Fsp3) is 0.714. The molecule has 0 rings (SSSR count). The van der Waals surface area contributed by atoms with Crippen LogP contribution in [0, 0.1) is 11.3 Å². The van der Waals surface area contributed by atoms with E-state index < -0.39 is 30.7 Å². The highest BCUT2D eigenvalue weighted by Crippen LogP contribution is 2.38. The second kappa shape index (κ2) is 4.26. The lowest BCUT2D eigenvalue weighted by Crippen LogP contribution is -2.48. The number of rotatable bonds is 3. The summed E-state index contributed by atoms with van der Waals surface area (Å²) < 4.78 is 53.1. The van der Waals surface area contributed by atoms with Gasteiger partial charge in [-0.15, -0.1) is 0 Å². The van der Waals surface area contributed by atoms with Gasteiger partial charge in [-0.2, -0.15) is 18.4 Å². The Hall–Kier alpha value is -1.32. The molecule has 0 spiro atoms. The van der Waals surface area contributed by atoms with E-state index in [4.69, 9.17) is 5.26 Å². The van der Waals surface area contributed by atoms with Gasteiger partial charge in [0, 0.05) is 12.8 Å². The fourth-order valence-corrected chi connectivity index (χ4v) is 0.749. The average Bonchev–Trinajstić information content (AvgIpc) is 2.10. The summed E-state index contributed by atoms with van der Waals surface area (Å²) in [5.41, 5.74) is -4.09. The van der Waals surface area contributed by atoms with Crippen LogP contribution in [0.15, 0.2) is 0 Å². The number of carbonyl (C=O) groups excluding carboxylic acids is 1. The Morgan fingerprint density at radius 1 is 1.43 bits per heavy atom. The zero-order chi connectivity index (χ0) is 11.4. The standard InChI is InChI=1S/C7H7F4NO2/c1-14-5(13)6(8,3-2-4-12)7(9,10)11/h2-3H2,1H3. The van der Waals surface area contributed by atoms with Crippen molar-refractivity contribution in [2.24, 2.45) is 0 Å². The zero-order valence-electron chi connectivity index (χ0n) is 7.19. The van der Waals surface area contributed by atoms with Crippen LogP contribution in [0.5, 0.6) is 0 Å². The van der Waals surface area contributed by atoms with Gasteiger partial charge in [0.05, 0.1) is 13.2 Å². The smallest absolute Gasteiger partial charge is 0.433 e. The van der Waals surface area contributed by atoms with Crippen LogP contribution in [0.25, 0.3) is 0 Å². The van der Waals surface area contributed by atoms with Crippen molar-refractivity contribution < 1.29 is 27.1 Å². The first kappa shape index (κ1) is 12.7. The molecular formula is C7H7F4NO2. The van der Waals surface area contributed by atoms with E-state index >= 15 is 0 Å². The number of halogens is 4. The van der Waals surface area contributed by atoms with Gasteiger partial charge in [-0.1, -0.05) is 0 Å². The topological polar surface area (TPSA) is 50.1 Å². The molecule has 0 amide bonds. The van der Waals surface area contributed by atoms with Gasteiger partial charge in [0.25, 0.3) is 0 Å². The molecule has 0 aliphatic carbocycles. The number of hydrogen-bond donors (Lipinski definition) is 0. The van der Waals surface area contributed by atoms with Gasteiger partial charge in [-0.25, -0.2) is 9.18 Å². The number of carbonyl (C=O) groups is 1. The van der Waals surface area contributed by atoms with Gasteiger partial charge in [-0.3, -0.25) is 0 Å². The van der Waals surface area contributed by atoms with Crippen LogP contribution in [0.3, 0.4) is 0 Å². The van der Waals surface area contributed by atoms with Gasteiger partial charge in [0.1, 0.15) is 0 Å². The molecule has 0 aromatic carbocycles. The van der Waals surface area contributed by atoms with E-state index in [0.717, 1.165) is 0 Å². The summed E-state index contributed by atoms with van der Waals surface area (Å²) in [7, 11) is 0.648. The summed E-state index contributed by atoms with van der Waals surface area (Å²) in [6.45, 7) is 0. The van der Waals surface area contributed by atoms with Gasteiger partial charge in [0.2, 0.25) is 0 Å². The lowest BCUT2D eigenvalue weighted by molar-refractivity contribution is -0.239. The Balaban J connectivity index is 4.87. The van der Waals surface area contributed by atoms with Crippen molar-refractivity contribution in [3.63, 3.8) is 0 Å². The van der Waals surface area contributed by atoms with Crippen LogP contribution >= 0.6 is 0 Å². The Morgan fingerprint density at radius 3 is 2.21 bits per heavy atom. The molecule has 0 heterocycles. The van der Waals surface area contributed by atoms with Crippen LogP contribution < -0.4 is 0 Å². The second-order valence-electron chi connectivity index (χ2n) is 2.45. The molecule has 0 radical (unpaired) electrons. The molecule has 0 aromatic rings. The number of nitriles is 1. The second-order valence-corrected chi connectivity index (χ2v) is 2.45. The summed E-state index contributed by atoms with van der Waals surface area (Å²) in [6, 6.07) is 1.33. The fourth-order valence-electron chi connectivity index (χ4n) is 0.749. The summed E-state index contributed by atoms with van der Waals surface area (Å²) >= 11 is 0. The van der Waals surface area contributed by atoms with E-state index in [1.54, 1.807) is 0 Å². The predicted octanol–water partition coefficient (Wildman–Crippen LogP) is 1.73. The maximum absolute atomic E-state index is 13.1. The van der Waals surface area contributed by atoms with Gasteiger partial charge < -0.3 is 4.74 Å². The average molecular weight is 213 g/mol. The Kier molecular flexibility index (Phi) is 3.86. The maximum atomic E-state index is 13.1. The molecule has 0 fully saturated rings. The summed E-state index contributed by atoms with van der Waals surface area (Å²) in [6.07, 6.45) is -7.33. The highest BCUT2D eigenvalue weighted by Gasteiger charge is 2.62. The van der Waals surface area contributed by atoms with E-state index in [1.807, 2.05) is 0 Å². The first-order chi connectivity index (χ1) is 6.29. The SMILES string of the molecule is COC(=O)C(F)(CCC#N)C(F)(F)F. The third-order valence-electron chi connectivity index (χ3n) is 1.54. The number of hydrogen-bond acceptors (Lipinski definition) is 3. The molecule has 0 bridgehead atoms. The molecular weight excluding hydrogens is 206 g/mol. The number of ether oxygens (including phenoxy) is 1. The summed E-state index contributed by atoms with van der Waals surface area (Å²) in [4.78, 5) is 10.6. The van der Waals surface area contributed by atoms with Crippen LogP contribution in [0.1, 0.15) is 12.8 Å². The lowest BCUT2D eigenvalue weighted by Gasteiger charge is -2.23. The van der Waals surface area contributed by atoms with Crippen LogP contribution in [0.2, 0.25) is 0 Å². The van der Waals surface area contributed by atoms with E-state index in [2.05, 4.69) is 4.74 Å². The summed E-state index contributed by atoms with van der Waals surface area (Å²) in [5, 5.41) is 8.01. The Bertz CT molecular complexity index is 257. The molecule has 0 saturated heterocycles. The minimum Gasteiger partial charge on any atom is -0.466 e. The van der Waals surface area contributed by atoms with Crippen molar-refractivity contribution >= 4 is 5.97 Å². The quantitative estimate of drug-likeness (QED) is 0.529. The lowest BCUT2D eigenvalue weighted by atomic mass is 10.00. The van der Waals surface area contributed by atoms with E-state index in [-0.39, 0.29) is 0 Å². The summed E-state index contributed by atoms with van der Waals surface area (Å²) in [5.74, 6) is -2.03. The molecule has 0 aliphatic heterocycles. The third kappa shape index (κ3) is 2.34. The van der Waals surface area contributed by atoms with Crippen molar-refractivity contribution in [3.8, 4) is 6.07 Å². The normalized spacial score (nSPS) is 15.4. The number of nitrogens with zero attached hydrogens (tertiary/aromatic N) is 1. The van der Waals surface area contributed by atoms with Gasteiger partial charge in [-0.05, 0) is 0 Å². The van der Waals surface area contributed by atoms with E-state index in [1.165, 1.54) is 6.07 Å².